The summed E-state index contributed by atoms with van der Waals surface area (Å²) in [7, 11) is 0. The average molecular weight is 273 g/mol. The number of hydrogen-bond acceptors (Lipinski definition) is 0. The van der Waals surface area contributed by atoms with E-state index in [9.17, 15) is 0 Å². The summed E-state index contributed by atoms with van der Waals surface area (Å²) < 4.78 is 1.47. The van der Waals surface area contributed by atoms with Gasteiger partial charge in [0.2, 0.25) is 0 Å². The molecule has 1 aromatic carbocycles. The SMILES string of the molecule is BrC1=C(c2ccccc2)[C@@H]2[C@H]1[C@H]1C=C[C@@H]2C1. The molecule has 0 amide bonds. The maximum Gasteiger partial charge on any atom is 0.00455 e. The minimum absolute atomic E-state index is 0.796. The van der Waals surface area contributed by atoms with Crippen LogP contribution >= 0.6 is 15.9 Å². The highest BCUT2D eigenvalue weighted by atomic mass is 79.9. The molecule has 0 spiro atoms. The van der Waals surface area contributed by atoms with E-state index in [-0.39, 0.29) is 0 Å². The van der Waals surface area contributed by atoms with Gasteiger partial charge in [-0.25, -0.2) is 0 Å². The Hall–Kier alpha value is -0.820. The summed E-state index contributed by atoms with van der Waals surface area (Å²) in [6, 6.07) is 10.8. The minimum Gasteiger partial charge on any atom is -0.0845 e. The molecular formula is C15H13Br. The van der Waals surface area contributed by atoms with Crippen LogP contribution in [0.3, 0.4) is 0 Å². The van der Waals surface area contributed by atoms with Gasteiger partial charge < -0.3 is 0 Å². The van der Waals surface area contributed by atoms with Gasteiger partial charge in [0.05, 0.1) is 0 Å². The summed E-state index contributed by atoms with van der Waals surface area (Å²) >= 11 is 3.82. The quantitative estimate of drug-likeness (QED) is 0.671. The Kier molecular flexibility index (Phi) is 1.79. The van der Waals surface area contributed by atoms with E-state index < -0.39 is 0 Å². The molecule has 0 heterocycles. The van der Waals surface area contributed by atoms with E-state index in [1.807, 2.05) is 0 Å². The molecule has 4 atom stereocenters. The molecule has 0 saturated heterocycles. The van der Waals surface area contributed by atoms with Gasteiger partial charge in [0.15, 0.2) is 0 Å². The lowest BCUT2D eigenvalue weighted by Crippen LogP contribution is -2.30. The second kappa shape index (κ2) is 3.10. The maximum absolute atomic E-state index is 3.82. The highest BCUT2D eigenvalue weighted by Crippen LogP contribution is 2.65. The van der Waals surface area contributed by atoms with Crippen LogP contribution in [0.5, 0.6) is 0 Å². The van der Waals surface area contributed by atoms with E-state index in [1.54, 1.807) is 5.57 Å². The molecular weight excluding hydrogens is 260 g/mol. The van der Waals surface area contributed by atoms with Gasteiger partial charge in [0.25, 0.3) is 0 Å². The second-order valence-corrected chi connectivity index (χ2v) is 5.98. The van der Waals surface area contributed by atoms with Crippen LogP contribution in [-0.2, 0) is 0 Å². The molecule has 2 bridgehead atoms. The predicted octanol–water partition coefficient (Wildman–Crippen LogP) is 4.24. The van der Waals surface area contributed by atoms with Crippen LogP contribution in [-0.4, -0.2) is 0 Å². The van der Waals surface area contributed by atoms with Crippen molar-refractivity contribution in [2.75, 3.05) is 0 Å². The van der Waals surface area contributed by atoms with Crippen molar-refractivity contribution < 1.29 is 0 Å². The monoisotopic (exact) mass is 272 g/mol. The Balaban J connectivity index is 1.80. The summed E-state index contributed by atoms with van der Waals surface area (Å²) in [5.41, 5.74) is 2.99. The number of rotatable bonds is 1. The molecule has 1 fully saturated rings. The number of hydrogen-bond donors (Lipinski definition) is 0. The van der Waals surface area contributed by atoms with Crippen molar-refractivity contribution in [2.45, 2.75) is 6.42 Å². The van der Waals surface area contributed by atoms with E-state index in [1.165, 1.54) is 16.5 Å². The molecule has 0 nitrogen and oxygen atoms in total. The lowest BCUT2D eigenvalue weighted by atomic mass is 9.67. The van der Waals surface area contributed by atoms with E-state index in [0.717, 1.165) is 23.7 Å². The molecule has 3 aliphatic carbocycles. The van der Waals surface area contributed by atoms with Gasteiger partial charge in [0.1, 0.15) is 0 Å². The minimum atomic E-state index is 0.796. The van der Waals surface area contributed by atoms with E-state index >= 15 is 0 Å². The van der Waals surface area contributed by atoms with Crippen LogP contribution in [0.2, 0.25) is 0 Å². The van der Waals surface area contributed by atoms with Crippen molar-refractivity contribution in [2.24, 2.45) is 23.7 Å². The Morgan fingerprint density at radius 1 is 0.938 bits per heavy atom. The Morgan fingerprint density at radius 3 is 2.38 bits per heavy atom. The largest absolute Gasteiger partial charge is 0.0845 e. The Bertz CT molecular complexity index is 497. The second-order valence-electron chi connectivity index (χ2n) is 5.13. The number of halogens is 1. The first-order valence-corrected chi connectivity index (χ1v) is 6.79. The van der Waals surface area contributed by atoms with Gasteiger partial charge in [-0.2, -0.15) is 0 Å². The van der Waals surface area contributed by atoms with Gasteiger partial charge >= 0.3 is 0 Å². The zero-order valence-corrected chi connectivity index (χ0v) is 10.5. The van der Waals surface area contributed by atoms with Crippen LogP contribution in [0, 0.1) is 23.7 Å². The van der Waals surface area contributed by atoms with E-state index in [4.69, 9.17) is 0 Å². The topological polar surface area (TPSA) is 0 Å². The van der Waals surface area contributed by atoms with Gasteiger partial charge in [-0.05, 0) is 35.3 Å². The third-order valence-electron chi connectivity index (χ3n) is 4.43. The summed E-state index contributed by atoms with van der Waals surface area (Å²) in [5, 5.41) is 0. The third-order valence-corrected chi connectivity index (χ3v) is 5.38. The van der Waals surface area contributed by atoms with Crippen molar-refractivity contribution in [3.63, 3.8) is 0 Å². The van der Waals surface area contributed by atoms with E-state index in [2.05, 4.69) is 58.4 Å². The summed E-state index contributed by atoms with van der Waals surface area (Å²) in [6.07, 6.45) is 6.24. The summed E-state index contributed by atoms with van der Waals surface area (Å²) in [6.45, 7) is 0. The van der Waals surface area contributed by atoms with Gasteiger partial charge in [-0.1, -0.05) is 58.4 Å². The fourth-order valence-corrected chi connectivity index (χ4v) is 4.87. The van der Waals surface area contributed by atoms with Crippen LogP contribution in [0.4, 0.5) is 0 Å². The first kappa shape index (κ1) is 9.23. The summed E-state index contributed by atoms with van der Waals surface area (Å²) in [5.74, 6) is 3.22. The zero-order valence-electron chi connectivity index (χ0n) is 8.94. The highest BCUT2D eigenvalue weighted by molar-refractivity contribution is 9.11. The molecule has 1 heteroatoms. The molecule has 1 aromatic rings. The fourth-order valence-electron chi connectivity index (χ4n) is 3.75. The molecule has 3 aliphatic rings. The van der Waals surface area contributed by atoms with Gasteiger partial charge in [-0.3, -0.25) is 0 Å². The molecule has 0 aromatic heterocycles. The smallest absolute Gasteiger partial charge is 0.00455 e. The number of allylic oxidation sites excluding steroid dienone is 4. The first-order valence-electron chi connectivity index (χ1n) is 5.99. The lowest BCUT2D eigenvalue weighted by molar-refractivity contribution is 0.413. The molecule has 16 heavy (non-hydrogen) atoms. The van der Waals surface area contributed by atoms with Crippen LogP contribution in [0.15, 0.2) is 47.0 Å². The summed E-state index contributed by atoms with van der Waals surface area (Å²) in [4.78, 5) is 0. The van der Waals surface area contributed by atoms with Gasteiger partial charge in [-0.15, -0.1) is 0 Å². The molecule has 0 N–H and O–H groups in total. The van der Waals surface area contributed by atoms with Crippen LogP contribution < -0.4 is 0 Å². The van der Waals surface area contributed by atoms with Gasteiger partial charge in [0, 0.05) is 10.4 Å². The molecule has 80 valence electrons. The maximum atomic E-state index is 3.82. The third kappa shape index (κ3) is 1.00. The van der Waals surface area contributed by atoms with Crippen molar-refractivity contribution in [1.82, 2.24) is 0 Å². The first-order chi connectivity index (χ1) is 7.86. The zero-order chi connectivity index (χ0) is 10.7. The van der Waals surface area contributed by atoms with Crippen molar-refractivity contribution in [3.05, 3.63) is 52.5 Å². The van der Waals surface area contributed by atoms with Crippen molar-refractivity contribution >= 4 is 21.5 Å². The molecule has 4 rings (SSSR count). The molecule has 0 unspecified atom stereocenters. The fraction of sp³-hybridized carbons (Fsp3) is 0.333. The van der Waals surface area contributed by atoms with Crippen LogP contribution in [0.25, 0.3) is 5.57 Å². The molecule has 0 radical (unpaired) electrons. The lowest BCUT2D eigenvalue weighted by Gasteiger charge is -2.41. The normalized spacial score (nSPS) is 38.8. The number of benzene rings is 1. The Morgan fingerprint density at radius 2 is 1.62 bits per heavy atom. The van der Waals surface area contributed by atoms with Crippen LogP contribution in [0.1, 0.15) is 12.0 Å². The van der Waals surface area contributed by atoms with Crippen molar-refractivity contribution in [3.8, 4) is 0 Å². The number of fused-ring (bicyclic) bond motifs is 5. The predicted molar refractivity (Wildman–Crippen MR) is 70.0 cm³/mol. The molecule has 1 saturated carbocycles. The average Bonchev–Trinajstić information content (AvgIpc) is 2.87. The Labute approximate surface area is 104 Å². The highest BCUT2D eigenvalue weighted by Gasteiger charge is 2.54. The molecule has 0 aliphatic heterocycles. The van der Waals surface area contributed by atoms with E-state index in [0.29, 0.717) is 0 Å². The standard InChI is InChI=1S/C15H13Br/c16-15-13(9-4-2-1-3-5-9)12-10-6-7-11(8-10)14(12)15/h1-7,10-12,14H,8H2/t10-,11+,12-,14-/m1/s1. The van der Waals surface area contributed by atoms with Crippen molar-refractivity contribution in [1.29, 1.82) is 0 Å².